The van der Waals surface area contributed by atoms with E-state index in [0.29, 0.717) is 6.04 Å². The fourth-order valence-electron chi connectivity index (χ4n) is 3.24. The van der Waals surface area contributed by atoms with Crippen LogP contribution in [-0.4, -0.2) is 31.1 Å². The van der Waals surface area contributed by atoms with Crippen molar-refractivity contribution >= 4 is 0 Å². The predicted molar refractivity (Wildman–Crippen MR) is 86.4 cm³/mol. The average Bonchev–Trinajstić information content (AvgIpc) is 3.35. The molecular formula is C18H28N2O. The molecule has 2 N–H and O–H groups in total. The molecule has 0 aliphatic heterocycles. The van der Waals surface area contributed by atoms with E-state index in [4.69, 9.17) is 10.5 Å². The molecule has 116 valence electrons. The van der Waals surface area contributed by atoms with E-state index < -0.39 is 0 Å². The van der Waals surface area contributed by atoms with Crippen molar-refractivity contribution < 1.29 is 4.74 Å². The van der Waals surface area contributed by atoms with Gasteiger partial charge in [-0.1, -0.05) is 12.1 Å². The van der Waals surface area contributed by atoms with Crippen molar-refractivity contribution in [2.24, 2.45) is 17.6 Å². The number of ether oxygens (including phenoxy) is 1. The maximum absolute atomic E-state index is 6.37. The number of methoxy groups -OCH3 is 1. The summed E-state index contributed by atoms with van der Waals surface area (Å²) in [5, 5.41) is 0. The number of nitrogens with zero attached hydrogens (tertiary/aromatic N) is 1. The minimum absolute atomic E-state index is 0.134. The molecule has 0 saturated heterocycles. The number of benzene rings is 1. The third-order valence-electron chi connectivity index (χ3n) is 4.71. The van der Waals surface area contributed by atoms with Gasteiger partial charge in [0.25, 0.3) is 0 Å². The molecule has 2 aliphatic carbocycles. The molecule has 0 aromatic heterocycles. The second-order valence-electron chi connectivity index (χ2n) is 6.92. The van der Waals surface area contributed by atoms with E-state index in [9.17, 15) is 0 Å². The van der Waals surface area contributed by atoms with Crippen LogP contribution in [0.15, 0.2) is 24.3 Å². The largest absolute Gasteiger partial charge is 0.497 e. The zero-order valence-corrected chi connectivity index (χ0v) is 13.3. The third-order valence-corrected chi connectivity index (χ3v) is 4.71. The molecule has 21 heavy (non-hydrogen) atoms. The van der Waals surface area contributed by atoms with Gasteiger partial charge >= 0.3 is 0 Å². The molecule has 1 aromatic carbocycles. The second kappa shape index (κ2) is 6.37. The van der Waals surface area contributed by atoms with Crippen LogP contribution in [0.4, 0.5) is 0 Å². The molecule has 0 bridgehead atoms. The molecule has 0 radical (unpaired) electrons. The average molecular weight is 288 g/mol. The number of nitrogens with two attached hydrogens (primary N) is 1. The Bertz CT molecular complexity index is 452. The Morgan fingerprint density at radius 1 is 1.19 bits per heavy atom. The summed E-state index contributed by atoms with van der Waals surface area (Å²) in [6, 6.07) is 8.88. The lowest BCUT2D eigenvalue weighted by molar-refractivity contribution is 0.161. The van der Waals surface area contributed by atoms with E-state index in [-0.39, 0.29) is 6.04 Å². The molecule has 2 saturated carbocycles. The van der Waals surface area contributed by atoms with Crippen molar-refractivity contribution in [3.63, 3.8) is 0 Å². The summed E-state index contributed by atoms with van der Waals surface area (Å²) in [6.07, 6.45) is 5.58. The van der Waals surface area contributed by atoms with Gasteiger partial charge in [0, 0.05) is 25.2 Å². The summed E-state index contributed by atoms with van der Waals surface area (Å²) in [5.41, 5.74) is 7.67. The molecule has 1 aromatic rings. The van der Waals surface area contributed by atoms with Crippen LogP contribution < -0.4 is 10.5 Å². The first-order valence-electron chi connectivity index (χ1n) is 8.31. The summed E-state index contributed by atoms with van der Waals surface area (Å²) in [6.45, 7) is 4.55. The Morgan fingerprint density at radius 3 is 2.29 bits per heavy atom. The summed E-state index contributed by atoms with van der Waals surface area (Å²) >= 11 is 0. The van der Waals surface area contributed by atoms with Crippen LogP contribution in [0.3, 0.4) is 0 Å². The number of hydrogen-bond donors (Lipinski definition) is 1. The summed E-state index contributed by atoms with van der Waals surface area (Å²) in [7, 11) is 1.73. The monoisotopic (exact) mass is 288 g/mol. The molecular weight excluding hydrogens is 260 g/mol. The van der Waals surface area contributed by atoms with E-state index in [1.165, 1.54) is 44.3 Å². The van der Waals surface area contributed by atoms with Crippen molar-refractivity contribution in [3.8, 4) is 5.75 Å². The van der Waals surface area contributed by atoms with Crippen LogP contribution in [0.1, 0.15) is 44.2 Å². The van der Waals surface area contributed by atoms with Gasteiger partial charge in [-0.15, -0.1) is 0 Å². The molecule has 2 unspecified atom stereocenters. The van der Waals surface area contributed by atoms with Gasteiger partial charge in [-0.25, -0.2) is 0 Å². The first-order chi connectivity index (χ1) is 10.2. The minimum Gasteiger partial charge on any atom is -0.497 e. The summed E-state index contributed by atoms with van der Waals surface area (Å²) in [4.78, 5) is 2.65. The van der Waals surface area contributed by atoms with Crippen LogP contribution in [0.25, 0.3) is 0 Å². The van der Waals surface area contributed by atoms with Gasteiger partial charge in [0.2, 0.25) is 0 Å². The van der Waals surface area contributed by atoms with Gasteiger partial charge < -0.3 is 10.5 Å². The van der Waals surface area contributed by atoms with Crippen LogP contribution >= 0.6 is 0 Å². The lowest BCUT2D eigenvalue weighted by Gasteiger charge is -2.35. The highest BCUT2D eigenvalue weighted by Crippen LogP contribution is 2.38. The van der Waals surface area contributed by atoms with Gasteiger partial charge in [-0.3, -0.25) is 4.90 Å². The molecule has 2 atom stereocenters. The second-order valence-corrected chi connectivity index (χ2v) is 6.92. The van der Waals surface area contributed by atoms with Crippen LogP contribution in [0.5, 0.6) is 5.75 Å². The molecule has 3 rings (SSSR count). The Labute approximate surface area is 128 Å². The van der Waals surface area contributed by atoms with E-state index in [1.54, 1.807) is 7.11 Å². The first-order valence-corrected chi connectivity index (χ1v) is 8.31. The first kappa shape index (κ1) is 14.9. The Balaban J connectivity index is 1.81. The maximum Gasteiger partial charge on any atom is 0.119 e. The normalized spacial score (nSPS) is 21.3. The van der Waals surface area contributed by atoms with Crippen molar-refractivity contribution in [2.45, 2.75) is 44.7 Å². The molecule has 2 aliphatic rings. The van der Waals surface area contributed by atoms with Crippen molar-refractivity contribution in [1.82, 2.24) is 4.90 Å². The Kier molecular flexibility index (Phi) is 4.51. The SMILES string of the molecule is COc1cccc(C(C(C)N)N(CC2CC2)CC2CC2)c1. The predicted octanol–water partition coefficient (Wildman–Crippen LogP) is 3.21. The summed E-state index contributed by atoms with van der Waals surface area (Å²) in [5.74, 6) is 2.72. The zero-order chi connectivity index (χ0) is 14.8. The lowest BCUT2D eigenvalue weighted by Crippen LogP contribution is -2.41. The van der Waals surface area contributed by atoms with Crippen molar-refractivity contribution in [1.29, 1.82) is 0 Å². The van der Waals surface area contributed by atoms with E-state index >= 15 is 0 Å². The van der Waals surface area contributed by atoms with Gasteiger partial charge in [0.05, 0.1) is 7.11 Å². The molecule has 0 spiro atoms. The van der Waals surface area contributed by atoms with E-state index in [2.05, 4.69) is 30.0 Å². The van der Waals surface area contributed by atoms with Gasteiger partial charge in [0.1, 0.15) is 5.75 Å². The Hall–Kier alpha value is -1.06. The van der Waals surface area contributed by atoms with Crippen LogP contribution in [-0.2, 0) is 0 Å². The van der Waals surface area contributed by atoms with Gasteiger partial charge in [-0.2, -0.15) is 0 Å². The fraction of sp³-hybridized carbons (Fsp3) is 0.667. The minimum atomic E-state index is 0.134. The highest BCUT2D eigenvalue weighted by molar-refractivity contribution is 5.31. The van der Waals surface area contributed by atoms with Crippen LogP contribution in [0, 0.1) is 11.8 Å². The van der Waals surface area contributed by atoms with Crippen LogP contribution in [0.2, 0.25) is 0 Å². The quantitative estimate of drug-likeness (QED) is 0.798. The fourth-order valence-corrected chi connectivity index (χ4v) is 3.24. The van der Waals surface area contributed by atoms with Crippen molar-refractivity contribution in [2.75, 3.05) is 20.2 Å². The number of hydrogen-bond acceptors (Lipinski definition) is 3. The smallest absolute Gasteiger partial charge is 0.119 e. The van der Waals surface area contributed by atoms with E-state index in [1.807, 2.05) is 6.07 Å². The van der Waals surface area contributed by atoms with Crippen molar-refractivity contribution in [3.05, 3.63) is 29.8 Å². The maximum atomic E-state index is 6.37. The lowest BCUT2D eigenvalue weighted by atomic mass is 9.98. The van der Waals surface area contributed by atoms with E-state index in [0.717, 1.165) is 17.6 Å². The Morgan fingerprint density at radius 2 is 1.81 bits per heavy atom. The third kappa shape index (κ3) is 3.98. The molecule has 0 amide bonds. The topological polar surface area (TPSA) is 38.5 Å². The molecule has 3 heteroatoms. The number of rotatable bonds is 8. The van der Waals surface area contributed by atoms with Gasteiger partial charge in [0.15, 0.2) is 0 Å². The zero-order valence-electron chi connectivity index (χ0n) is 13.3. The highest BCUT2D eigenvalue weighted by Gasteiger charge is 2.34. The highest BCUT2D eigenvalue weighted by atomic mass is 16.5. The molecule has 2 fully saturated rings. The molecule has 0 heterocycles. The van der Waals surface area contributed by atoms with Gasteiger partial charge in [-0.05, 0) is 62.1 Å². The standard InChI is InChI=1S/C18H28N2O/c1-13(19)18(16-4-3-5-17(10-16)21-2)20(11-14-6-7-14)12-15-8-9-15/h3-5,10,13-15,18H,6-9,11-12,19H2,1-2H3. The summed E-state index contributed by atoms with van der Waals surface area (Å²) < 4.78 is 5.39. The molecule has 3 nitrogen and oxygen atoms in total.